The van der Waals surface area contributed by atoms with Crippen molar-refractivity contribution in [2.75, 3.05) is 30.3 Å². The van der Waals surface area contributed by atoms with Crippen molar-refractivity contribution in [1.29, 1.82) is 0 Å². The summed E-state index contributed by atoms with van der Waals surface area (Å²) in [6.45, 7) is 11.8. The van der Waals surface area contributed by atoms with Crippen molar-refractivity contribution < 1.29 is 4.79 Å². The maximum Gasteiger partial charge on any atom is 0.243 e. The van der Waals surface area contributed by atoms with Crippen molar-refractivity contribution in [1.82, 2.24) is 4.90 Å². The summed E-state index contributed by atoms with van der Waals surface area (Å²) >= 11 is 0. The Hall–Kier alpha value is -2.33. The van der Waals surface area contributed by atoms with E-state index >= 15 is 0 Å². The number of nitrogens with zero attached hydrogens (tertiary/aromatic N) is 1. The zero-order valence-electron chi connectivity index (χ0n) is 16.4. The Morgan fingerprint density at radius 2 is 1.65 bits per heavy atom. The monoisotopic (exact) mass is 353 g/mol. The molecule has 4 nitrogen and oxygen atoms in total. The van der Waals surface area contributed by atoms with Crippen LogP contribution in [-0.2, 0) is 11.3 Å². The van der Waals surface area contributed by atoms with Crippen molar-refractivity contribution in [2.45, 2.75) is 40.2 Å². The van der Waals surface area contributed by atoms with Gasteiger partial charge in [0.2, 0.25) is 5.91 Å². The topological polar surface area (TPSA) is 44.4 Å². The second-order valence-corrected chi connectivity index (χ2v) is 6.80. The number of hydrogen-bond donors (Lipinski definition) is 2. The molecule has 2 rings (SSSR count). The highest BCUT2D eigenvalue weighted by Crippen LogP contribution is 2.18. The molecule has 0 saturated heterocycles. The van der Waals surface area contributed by atoms with E-state index in [-0.39, 0.29) is 12.5 Å². The summed E-state index contributed by atoms with van der Waals surface area (Å²) in [5, 5.41) is 6.23. The molecule has 0 spiro atoms. The van der Waals surface area contributed by atoms with Crippen LogP contribution in [0.2, 0.25) is 0 Å². The fourth-order valence-corrected chi connectivity index (χ4v) is 2.85. The Balaban J connectivity index is 1.92. The molecular weight excluding hydrogens is 322 g/mol. The smallest absolute Gasteiger partial charge is 0.243 e. The first-order chi connectivity index (χ1) is 12.5. The molecule has 4 heteroatoms. The standard InChI is InChI=1S/C22H31N3O/c1-5-25(6-2)16-19-9-7-8-10-21(19)23-15-22(26)24-20-13-11-18(12-14-20)17(3)4/h7-14,17,23H,5-6,15-16H2,1-4H3,(H,24,26). The Labute approximate surface area is 157 Å². The highest BCUT2D eigenvalue weighted by atomic mass is 16.1. The summed E-state index contributed by atoms with van der Waals surface area (Å²) in [7, 11) is 0. The highest BCUT2D eigenvalue weighted by molar-refractivity contribution is 5.93. The molecule has 0 atom stereocenters. The third kappa shape index (κ3) is 5.88. The first kappa shape index (κ1) is 20.0. The molecule has 0 fully saturated rings. The lowest BCUT2D eigenvalue weighted by atomic mass is 10.0. The van der Waals surface area contributed by atoms with E-state index in [4.69, 9.17) is 0 Å². The zero-order chi connectivity index (χ0) is 18.9. The summed E-state index contributed by atoms with van der Waals surface area (Å²) in [6.07, 6.45) is 0. The lowest BCUT2D eigenvalue weighted by molar-refractivity contribution is -0.114. The van der Waals surface area contributed by atoms with Gasteiger partial charge in [-0.05, 0) is 48.3 Å². The van der Waals surface area contributed by atoms with E-state index in [1.54, 1.807) is 0 Å². The SMILES string of the molecule is CCN(CC)Cc1ccccc1NCC(=O)Nc1ccc(C(C)C)cc1. The fraction of sp³-hybridized carbons (Fsp3) is 0.409. The van der Waals surface area contributed by atoms with Crippen LogP contribution in [-0.4, -0.2) is 30.4 Å². The molecule has 0 aliphatic carbocycles. The van der Waals surface area contributed by atoms with Gasteiger partial charge in [-0.2, -0.15) is 0 Å². The Morgan fingerprint density at radius 3 is 2.27 bits per heavy atom. The highest BCUT2D eigenvalue weighted by Gasteiger charge is 2.08. The van der Waals surface area contributed by atoms with Crippen LogP contribution in [0.1, 0.15) is 44.7 Å². The summed E-state index contributed by atoms with van der Waals surface area (Å²) in [5.41, 5.74) is 4.33. The Morgan fingerprint density at radius 1 is 1.00 bits per heavy atom. The van der Waals surface area contributed by atoms with E-state index in [0.717, 1.165) is 31.0 Å². The van der Waals surface area contributed by atoms with E-state index < -0.39 is 0 Å². The summed E-state index contributed by atoms with van der Waals surface area (Å²) in [4.78, 5) is 14.6. The molecule has 0 aliphatic rings. The largest absolute Gasteiger partial charge is 0.376 e. The predicted octanol–water partition coefficient (Wildman–Crippen LogP) is 4.70. The first-order valence-electron chi connectivity index (χ1n) is 9.47. The summed E-state index contributed by atoms with van der Waals surface area (Å²) < 4.78 is 0. The number of hydrogen-bond acceptors (Lipinski definition) is 3. The average molecular weight is 354 g/mol. The maximum absolute atomic E-state index is 12.3. The van der Waals surface area contributed by atoms with Gasteiger partial charge in [-0.1, -0.05) is 58.0 Å². The Kier molecular flexibility index (Phi) is 7.67. The third-order valence-electron chi connectivity index (χ3n) is 4.61. The lowest BCUT2D eigenvalue weighted by Crippen LogP contribution is -2.25. The van der Waals surface area contributed by atoms with Crippen LogP contribution in [0.3, 0.4) is 0 Å². The molecule has 0 saturated carbocycles. The normalized spacial score (nSPS) is 11.0. The first-order valence-corrected chi connectivity index (χ1v) is 9.47. The van der Waals surface area contributed by atoms with Gasteiger partial charge in [0.1, 0.15) is 0 Å². The molecule has 0 unspecified atom stereocenters. The van der Waals surface area contributed by atoms with Crippen LogP contribution in [0, 0.1) is 0 Å². The molecule has 0 aromatic heterocycles. The molecule has 0 radical (unpaired) electrons. The number of benzene rings is 2. The Bertz CT molecular complexity index is 691. The van der Waals surface area contributed by atoms with Crippen molar-refractivity contribution >= 4 is 17.3 Å². The minimum Gasteiger partial charge on any atom is -0.376 e. The molecule has 140 valence electrons. The number of para-hydroxylation sites is 1. The predicted molar refractivity (Wildman–Crippen MR) is 111 cm³/mol. The average Bonchev–Trinajstić information content (AvgIpc) is 2.65. The van der Waals surface area contributed by atoms with Crippen LogP contribution < -0.4 is 10.6 Å². The van der Waals surface area contributed by atoms with Crippen LogP contribution >= 0.6 is 0 Å². The van der Waals surface area contributed by atoms with Gasteiger partial charge in [0.05, 0.1) is 6.54 Å². The molecule has 2 aromatic rings. The zero-order valence-corrected chi connectivity index (χ0v) is 16.4. The molecule has 26 heavy (non-hydrogen) atoms. The van der Waals surface area contributed by atoms with Gasteiger partial charge in [-0.15, -0.1) is 0 Å². The van der Waals surface area contributed by atoms with E-state index in [0.29, 0.717) is 5.92 Å². The van der Waals surface area contributed by atoms with E-state index in [1.165, 1.54) is 11.1 Å². The molecule has 2 N–H and O–H groups in total. The van der Waals surface area contributed by atoms with Gasteiger partial charge >= 0.3 is 0 Å². The molecular formula is C22H31N3O. The minimum absolute atomic E-state index is 0.0417. The summed E-state index contributed by atoms with van der Waals surface area (Å²) in [6, 6.07) is 16.2. The van der Waals surface area contributed by atoms with Crippen LogP contribution in [0.25, 0.3) is 0 Å². The van der Waals surface area contributed by atoms with Crippen LogP contribution in [0.4, 0.5) is 11.4 Å². The number of nitrogens with one attached hydrogen (secondary N) is 2. The molecule has 0 heterocycles. The van der Waals surface area contributed by atoms with Gasteiger partial charge < -0.3 is 10.6 Å². The van der Waals surface area contributed by atoms with E-state index in [2.05, 4.69) is 61.4 Å². The van der Waals surface area contributed by atoms with Crippen molar-refractivity contribution in [3.63, 3.8) is 0 Å². The molecule has 1 amide bonds. The van der Waals surface area contributed by atoms with E-state index in [9.17, 15) is 4.79 Å². The second-order valence-electron chi connectivity index (χ2n) is 6.80. The number of rotatable bonds is 9. The number of carbonyl (C=O) groups excluding carboxylic acids is 1. The van der Waals surface area contributed by atoms with Gasteiger partial charge in [-0.25, -0.2) is 0 Å². The lowest BCUT2D eigenvalue weighted by Gasteiger charge is -2.20. The van der Waals surface area contributed by atoms with Crippen LogP contribution in [0.15, 0.2) is 48.5 Å². The number of carbonyl (C=O) groups is 1. The van der Waals surface area contributed by atoms with Crippen molar-refractivity contribution in [2.24, 2.45) is 0 Å². The van der Waals surface area contributed by atoms with Crippen LogP contribution in [0.5, 0.6) is 0 Å². The quantitative estimate of drug-likeness (QED) is 0.687. The van der Waals surface area contributed by atoms with Crippen molar-refractivity contribution in [3.8, 4) is 0 Å². The van der Waals surface area contributed by atoms with Gasteiger partial charge in [0.25, 0.3) is 0 Å². The third-order valence-corrected chi connectivity index (χ3v) is 4.61. The maximum atomic E-state index is 12.3. The van der Waals surface area contributed by atoms with Gasteiger partial charge in [-0.3, -0.25) is 9.69 Å². The molecule has 2 aromatic carbocycles. The second kappa shape index (κ2) is 9.97. The fourth-order valence-electron chi connectivity index (χ4n) is 2.85. The van der Waals surface area contributed by atoms with Gasteiger partial charge in [0, 0.05) is 17.9 Å². The number of anilines is 2. The molecule has 0 bridgehead atoms. The van der Waals surface area contributed by atoms with Gasteiger partial charge in [0.15, 0.2) is 0 Å². The molecule has 0 aliphatic heterocycles. The van der Waals surface area contributed by atoms with Crippen molar-refractivity contribution in [3.05, 3.63) is 59.7 Å². The summed E-state index contributed by atoms with van der Waals surface area (Å²) in [5.74, 6) is 0.448. The minimum atomic E-state index is -0.0417. The number of amides is 1. The van der Waals surface area contributed by atoms with E-state index in [1.807, 2.05) is 30.3 Å².